The Bertz CT molecular complexity index is 830. The molecule has 1 aromatic heterocycles. The lowest BCUT2D eigenvalue weighted by molar-refractivity contribution is 1.25. The van der Waals surface area contributed by atoms with Crippen molar-refractivity contribution in [2.75, 3.05) is 5.73 Å². The van der Waals surface area contributed by atoms with E-state index in [2.05, 4.69) is 53.0 Å². The molecule has 0 unspecified atom stereocenters. The summed E-state index contributed by atoms with van der Waals surface area (Å²) in [7, 11) is 0. The number of hydrogen-bond acceptors (Lipinski definition) is 3. The van der Waals surface area contributed by atoms with Gasteiger partial charge in [0.2, 0.25) is 0 Å². The van der Waals surface area contributed by atoms with Crippen molar-refractivity contribution in [3.63, 3.8) is 0 Å². The number of fused-ring (bicyclic) bond motifs is 1. The van der Waals surface area contributed by atoms with Crippen LogP contribution in [0, 0.1) is 13.8 Å². The van der Waals surface area contributed by atoms with Gasteiger partial charge in [-0.05, 0) is 65.2 Å². The summed E-state index contributed by atoms with van der Waals surface area (Å²) >= 11 is 5.19. The zero-order valence-electron chi connectivity index (χ0n) is 11.9. The molecule has 2 aromatic carbocycles. The molecule has 0 saturated heterocycles. The minimum absolute atomic E-state index is 0.754. The molecule has 0 aliphatic rings. The minimum atomic E-state index is 0.754. The third-order valence-electron chi connectivity index (χ3n) is 3.38. The largest absolute Gasteiger partial charge is 0.398 e. The van der Waals surface area contributed by atoms with Gasteiger partial charge in [-0.25, -0.2) is 0 Å². The van der Waals surface area contributed by atoms with Crippen LogP contribution in [0.15, 0.2) is 56.9 Å². The van der Waals surface area contributed by atoms with E-state index in [1.807, 2.05) is 24.4 Å². The summed E-state index contributed by atoms with van der Waals surface area (Å²) in [6, 6.07) is 12.5. The summed E-state index contributed by atoms with van der Waals surface area (Å²) in [4.78, 5) is 6.92. The van der Waals surface area contributed by atoms with Crippen LogP contribution in [-0.4, -0.2) is 4.98 Å². The SMILES string of the molecule is Cc1ccc(C)c(Sc2ccc(N)c3cc(Br)cnc23)c1. The average molecular weight is 359 g/mol. The topological polar surface area (TPSA) is 38.9 Å². The van der Waals surface area contributed by atoms with Crippen LogP contribution in [0.5, 0.6) is 0 Å². The Morgan fingerprint density at radius 3 is 2.67 bits per heavy atom. The molecule has 3 rings (SSSR count). The van der Waals surface area contributed by atoms with E-state index in [1.54, 1.807) is 11.8 Å². The zero-order chi connectivity index (χ0) is 15.0. The number of nitrogen functional groups attached to an aromatic ring is 1. The van der Waals surface area contributed by atoms with E-state index in [1.165, 1.54) is 16.0 Å². The number of hydrogen-bond donors (Lipinski definition) is 1. The lowest BCUT2D eigenvalue weighted by atomic mass is 10.2. The first-order chi connectivity index (χ1) is 10.0. The van der Waals surface area contributed by atoms with Crippen LogP contribution in [0.2, 0.25) is 0 Å². The first-order valence-corrected chi connectivity index (χ1v) is 8.24. The number of pyridine rings is 1. The van der Waals surface area contributed by atoms with Crippen molar-refractivity contribution in [2.45, 2.75) is 23.6 Å². The van der Waals surface area contributed by atoms with Crippen LogP contribution >= 0.6 is 27.7 Å². The highest BCUT2D eigenvalue weighted by molar-refractivity contribution is 9.10. The predicted molar refractivity (Wildman–Crippen MR) is 93.9 cm³/mol. The smallest absolute Gasteiger partial charge is 0.0862 e. The van der Waals surface area contributed by atoms with Gasteiger partial charge >= 0.3 is 0 Å². The number of anilines is 1. The molecule has 106 valence electrons. The molecule has 0 spiro atoms. The van der Waals surface area contributed by atoms with Crippen molar-refractivity contribution in [3.05, 3.63) is 58.2 Å². The van der Waals surface area contributed by atoms with E-state index in [0.29, 0.717) is 0 Å². The first-order valence-electron chi connectivity index (χ1n) is 6.63. The fraction of sp³-hybridized carbons (Fsp3) is 0.118. The van der Waals surface area contributed by atoms with Gasteiger partial charge in [-0.1, -0.05) is 23.9 Å². The van der Waals surface area contributed by atoms with Gasteiger partial charge in [0.25, 0.3) is 0 Å². The van der Waals surface area contributed by atoms with Crippen molar-refractivity contribution >= 4 is 44.3 Å². The molecule has 2 nitrogen and oxygen atoms in total. The summed E-state index contributed by atoms with van der Waals surface area (Å²) in [5.41, 5.74) is 10.3. The monoisotopic (exact) mass is 358 g/mol. The normalized spacial score (nSPS) is 11.0. The maximum Gasteiger partial charge on any atom is 0.0862 e. The van der Waals surface area contributed by atoms with Crippen LogP contribution < -0.4 is 5.73 Å². The van der Waals surface area contributed by atoms with E-state index >= 15 is 0 Å². The summed E-state index contributed by atoms with van der Waals surface area (Å²) in [6.07, 6.45) is 1.81. The van der Waals surface area contributed by atoms with E-state index in [-0.39, 0.29) is 0 Å². The van der Waals surface area contributed by atoms with E-state index in [9.17, 15) is 0 Å². The average Bonchev–Trinajstić information content (AvgIpc) is 2.46. The lowest BCUT2D eigenvalue weighted by Gasteiger charge is -2.10. The Morgan fingerprint density at radius 1 is 1.05 bits per heavy atom. The van der Waals surface area contributed by atoms with Crippen LogP contribution in [0.25, 0.3) is 10.9 Å². The third kappa shape index (κ3) is 2.92. The molecular weight excluding hydrogens is 344 g/mol. The Kier molecular flexibility index (Phi) is 3.91. The highest BCUT2D eigenvalue weighted by Gasteiger charge is 2.09. The van der Waals surface area contributed by atoms with Gasteiger partial charge in [0.05, 0.1) is 5.52 Å². The Balaban J connectivity index is 2.13. The summed E-state index contributed by atoms with van der Waals surface area (Å²) in [5.74, 6) is 0. The van der Waals surface area contributed by atoms with Gasteiger partial charge in [-0.15, -0.1) is 0 Å². The number of aryl methyl sites for hydroxylation is 2. The van der Waals surface area contributed by atoms with Crippen LogP contribution in [0.3, 0.4) is 0 Å². The molecule has 2 N–H and O–H groups in total. The molecular formula is C17H15BrN2S. The second-order valence-corrected chi connectivity index (χ2v) is 7.07. The standard InChI is InChI=1S/C17H15BrN2S/c1-10-3-4-11(2)16(7-10)21-15-6-5-14(19)13-8-12(18)9-20-17(13)15/h3-9H,19H2,1-2H3. The van der Waals surface area contributed by atoms with Crippen LogP contribution in [0.4, 0.5) is 5.69 Å². The maximum absolute atomic E-state index is 6.07. The van der Waals surface area contributed by atoms with E-state index in [4.69, 9.17) is 5.73 Å². The Morgan fingerprint density at radius 2 is 1.86 bits per heavy atom. The van der Waals surface area contributed by atoms with Crippen molar-refractivity contribution in [3.8, 4) is 0 Å². The number of aromatic nitrogens is 1. The van der Waals surface area contributed by atoms with Crippen molar-refractivity contribution < 1.29 is 0 Å². The molecule has 0 fully saturated rings. The molecule has 0 radical (unpaired) electrons. The molecule has 21 heavy (non-hydrogen) atoms. The summed E-state index contributed by atoms with van der Waals surface area (Å²) in [6.45, 7) is 4.24. The van der Waals surface area contributed by atoms with Crippen LogP contribution in [-0.2, 0) is 0 Å². The number of nitrogens with two attached hydrogens (primary N) is 1. The van der Waals surface area contributed by atoms with Crippen LogP contribution in [0.1, 0.15) is 11.1 Å². The number of benzene rings is 2. The lowest BCUT2D eigenvalue weighted by Crippen LogP contribution is -1.91. The van der Waals surface area contributed by atoms with E-state index < -0.39 is 0 Å². The van der Waals surface area contributed by atoms with Crippen molar-refractivity contribution in [2.24, 2.45) is 0 Å². The highest BCUT2D eigenvalue weighted by atomic mass is 79.9. The van der Waals surface area contributed by atoms with E-state index in [0.717, 1.165) is 26.0 Å². The summed E-state index contributed by atoms with van der Waals surface area (Å²) in [5, 5.41) is 0.986. The second kappa shape index (κ2) is 5.70. The molecule has 1 heterocycles. The number of nitrogens with zero attached hydrogens (tertiary/aromatic N) is 1. The van der Waals surface area contributed by atoms with Gasteiger partial charge in [-0.2, -0.15) is 0 Å². The minimum Gasteiger partial charge on any atom is -0.398 e. The van der Waals surface area contributed by atoms with Crippen molar-refractivity contribution in [1.82, 2.24) is 4.98 Å². The molecule has 0 atom stereocenters. The zero-order valence-corrected chi connectivity index (χ0v) is 14.3. The molecule has 0 saturated carbocycles. The third-order valence-corrected chi connectivity index (χ3v) is 5.02. The Labute approximate surface area is 136 Å². The quantitative estimate of drug-likeness (QED) is 0.627. The molecule has 0 bridgehead atoms. The van der Waals surface area contributed by atoms with Gasteiger partial charge in [-0.3, -0.25) is 4.98 Å². The number of halogens is 1. The summed E-state index contributed by atoms with van der Waals surface area (Å²) < 4.78 is 0.940. The fourth-order valence-electron chi connectivity index (χ4n) is 2.21. The Hall–Kier alpha value is -1.52. The van der Waals surface area contributed by atoms with Gasteiger partial charge in [0, 0.05) is 31.5 Å². The maximum atomic E-state index is 6.07. The molecule has 0 aliphatic carbocycles. The molecule has 0 amide bonds. The first kappa shape index (κ1) is 14.4. The molecule has 3 aromatic rings. The fourth-order valence-corrected chi connectivity index (χ4v) is 3.65. The molecule has 0 aliphatic heterocycles. The van der Waals surface area contributed by atoms with Crippen molar-refractivity contribution in [1.29, 1.82) is 0 Å². The molecule has 4 heteroatoms. The second-order valence-electron chi connectivity index (χ2n) is 5.07. The van der Waals surface area contributed by atoms with Gasteiger partial charge in [0.15, 0.2) is 0 Å². The predicted octanol–water partition coefficient (Wildman–Crippen LogP) is 5.35. The highest BCUT2D eigenvalue weighted by Crippen LogP contribution is 2.37. The van der Waals surface area contributed by atoms with Gasteiger partial charge in [0.1, 0.15) is 0 Å². The van der Waals surface area contributed by atoms with Gasteiger partial charge < -0.3 is 5.73 Å². The number of rotatable bonds is 2.